The molecule has 7 heteroatoms. The molecule has 1 heterocycles. The Morgan fingerprint density at radius 1 is 1.44 bits per heavy atom. The van der Waals surface area contributed by atoms with Gasteiger partial charge in [0.2, 0.25) is 5.88 Å². The maximum Gasteiger partial charge on any atom is 0.356 e. The molecule has 0 aromatic carbocycles. The topological polar surface area (TPSA) is 73.4 Å². The first-order chi connectivity index (χ1) is 8.42. The quantitative estimate of drug-likeness (QED) is 0.355. The molecule has 1 N–H and O–H groups in total. The van der Waals surface area contributed by atoms with Crippen LogP contribution in [0, 0.1) is 0 Å². The molecule has 0 aliphatic rings. The number of rotatable bonds is 7. The van der Waals surface area contributed by atoms with Crippen LogP contribution >= 0.6 is 0 Å². The summed E-state index contributed by atoms with van der Waals surface area (Å²) in [5.74, 6) is -0.152. The van der Waals surface area contributed by atoms with E-state index in [0.717, 1.165) is 6.04 Å². The number of nitrogens with zero attached hydrogens (tertiary/aromatic N) is 1. The molecule has 0 spiro atoms. The van der Waals surface area contributed by atoms with Gasteiger partial charge in [0.05, 0.1) is 7.11 Å². The number of nitrogens with one attached hydrogen (secondary N) is 1. The number of aromatic amines is 1. The number of carbonyl (C=O) groups is 1. The summed E-state index contributed by atoms with van der Waals surface area (Å²) in [5.41, 5.74) is 0.259. The van der Waals surface area contributed by atoms with Crippen molar-refractivity contribution in [1.82, 2.24) is 10.2 Å². The van der Waals surface area contributed by atoms with Crippen LogP contribution in [0.3, 0.4) is 0 Å². The standard InChI is InChI=1S/C11H20N2O4Si/c1-15-11(14)9-7-10(13-12-9)17-8-16-5-6-18(2,3)4/h7H,5-6,8H2,1-4H3,(H,12,13). The third-order valence-electron chi connectivity index (χ3n) is 2.25. The zero-order chi connectivity index (χ0) is 13.6. The van der Waals surface area contributed by atoms with Crippen LogP contribution in [-0.2, 0) is 9.47 Å². The molecular formula is C11H20N2O4Si. The van der Waals surface area contributed by atoms with Crippen molar-refractivity contribution in [2.24, 2.45) is 0 Å². The monoisotopic (exact) mass is 272 g/mol. The van der Waals surface area contributed by atoms with Gasteiger partial charge in [0.15, 0.2) is 6.79 Å². The molecule has 1 aromatic heterocycles. The molecule has 0 unspecified atom stereocenters. The van der Waals surface area contributed by atoms with Crippen molar-refractivity contribution in [2.75, 3.05) is 20.5 Å². The number of hydrogen-bond acceptors (Lipinski definition) is 5. The first-order valence-electron chi connectivity index (χ1n) is 5.76. The maximum absolute atomic E-state index is 11.1. The fraction of sp³-hybridized carbons (Fsp3) is 0.636. The Labute approximate surface area is 108 Å². The van der Waals surface area contributed by atoms with Crippen molar-refractivity contribution in [3.05, 3.63) is 11.8 Å². The van der Waals surface area contributed by atoms with Gasteiger partial charge >= 0.3 is 5.97 Å². The zero-order valence-electron chi connectivity index (χ0n) is 11.3. The van der Waals surface area contributed by atoms with Crippen molar-refractivity contribution in [3.8, 4) is 5.88 Å². The van der Waals surface area contributed by atoms with Crippen molar-refractivity contribution in [2.45, 2.75) is 25.7 Å². The van der Waals surface area contributed by atoms with Crippen LogP contribution in [0.15, 0.2) is 6.07 Å². The molecule has 1 rings (SSSR count). The Kier molecular flexibility index (Phi) is 5.36. The maximum atomic E-state index is 11.1. The first-order valence-corrected chi connectivity index (χ1v) is 9.47. The summed E-state index contributed by atoms with van der Waals surface area (Å²) >= 11 is 0. The van der Waals surface area contributed by atoms with E-state index >= 15 is 0 Å². The normalized spacial score (nSPS) is 11.3. The van der Waals surface area contributed by atoms with Crippen LogP contribution < -0.4 is 4.74 Å². The molecule has 1 aromatic rings. The van der Waals surface area contributed by atoms with Crippen LogP contribution in [0.1, 0.15) is 10.5 Å². The van der Waals surface area contributed by atoms with Gasteiger partial charge in [0.1, 0.15) is 5.69 Å². The molecule has 6 nitrogen and oxygen atoms in total. The van der Waals surface area contributed by atoms with Gasteiger partial charge in [-0.2, -0.15) is 0 Å². The Balaban J connectivity index is 2.24. The highest BCUT2D eigenvalue weighted by Crippen LogP contribution is 2.10. The second-order valence-electron chi connectivity index (χ2n) is 5.09. The molecule has 0 saturated heterocycles. The van der Waals surface area contributed by atoms with Crippen molar-refractivity contribution in [3.63, 3.8) is 0 Å². The summed E-state index contributed by atoms with van der Waals surface area (Å²) in [6.07, 6.45) is 0. The lowest BCUT2D eigenvalue weighted by atomic mass is 10.4. The molecule has 102 valence electrons. The first kappa shape index (κ1) is 14.7. The average Bonchev–Trinajstić information content (AvgIpc) is 2.75. The van der Waals surface area contributed by atoms with E-state index in [1.54, 1.807) is 0 Å². The highest BCUT2D eigenvalue weighted by Gasteiger charge is 2.12. The van der Waals surface area contributed by atoms with E-state index in [9.17, 15) is 4.79 Å². The number of aromatic nitrogens is 2. The SMILES string of the molecule is COC(=O)c1cc(OCOCC[Si](C)(C)C)n[nH]1. The molecule has 18 heavy (non-hydrogen) atoms. The van der Waals surface area contributed by atoms with E-state index in [4.69, 9.17) is 9.47 Å². The Bertz CT molecular complexity index is 387. The molecule has 0 radical (unpaired) electrons. The van der Waals surface area contributed by atoms with Crippen LogP contribution in [0.5, 0.6) is 5.88 Å². The molecule has 0 aliphatic carbocycles. The van der Waals surface area contributed by atoms with Gasteiger partial charge in [-0.3, -0.25) is 5.10 Å². The largest absolute Gasteiger partial charge is 0.464 e. The number of hydrogen-bond donors (Lipinski definition) is 1. The van der Waals surface area contributed by atoms with E-state index in [1.807, 2.05) is 0 Å². The second kappa shape index (κ2) is 6.55. The Morgan fingerprint density at radius 3 is 2.78 bits per heavy atom. The zero-order valence-corrected chi connectivity index (χ0v) is 12.3. The van der Waals surface area contributed by atoms with Gasteiger partial charge < -0.3 is 14.2 Å². The summed E-state index contributed by atoms with van der Waals surface area (Å²) in [6.45, 7) is 7.68. The lowest BCUT2D eigenvalue weighted by molar-refractivity contribution is 0.0192. The molecule has 0 aliphatic heterocycles. The van der Waals surface area contributed by atoms with Crippen LogP contribution in [0.4, 0.5) is 0 Å². The van der Waals surface area contributed by atoms with E-state index in [-0.39, 0.29) is 12.5 Å². The molecule has 0 amide bonds. The highest BCUT2D eigenvalue weighted by molar-refractivity contribution is 6.76. The van der Waals surface area contributed by atoms with E-state index < -0.39 is 14.0 Å². The van der Waals surface area contributed by atoms with E-state index in [0.29, 0.717) is 12.5 Å². The van der Waals surface area contributed by atoms with Crippen LogP contribution in [0.25, 0.3) is 0 Å². The van der Waals surface area contributed by atoms with Gasteiger partial charge in [-0.25, -0.2) is 4.79 Å². The van der Waals surface area contributed by atoms with Gasteiger partial charge in [-0.05, 0) is 6.04 Å². The molecule has 0 saturated carbocycles. The molecular weight excluding hydrogens is 252 g/mol. The summed E-state index contributed by atoms with van der Waals surface area (Å²) in [7, 11) is 0.243. The minimum atomic E-state index is -1.07. The van der Waals surface area contributed by atoms with Gasteiger partial charge in [0, 0.05) is 20.7 Å². The fourth-order valence-corrected chi connectivity index (χ4v) is 1.89. The Hall–Kier alpha value is -1.34. The molecule has 0 bridgehead atoms. The predicted octanol–water partition coefficient (Wildman–Crippen LogP) is 1.89. The number of ether oxygens (including phenoxy) is 3. The average molecular weight is 272 g/mol. The van der Waals surface area contributed by atoms with Gasteiger partial charge in [-0.1, -0.05) is 19.6 Å². The minimum absolute atomic E-state index is 0.135. The van der Waals surface area contributed by atoms with E-state index in [2.05, 4.69) is 34.6 Å². The van der Waals surface area contributed by atoms with Gasteiger partial charge in [-0.15, -0.1) is 5.10 Å². The predicted molar refractivity (Wildman–Crippen MR) is 69.5 cm³/mol. The summed E-state index contributed by atoms with van der Waals surface area (Å²) in [4.78, 5) is 11.1. The van der Waals surface area contributed by atoms with Gasteiger partial charge in [0.25, 0.3) is 0 Å². The number of methoxy groups -OCH3 is 1. The second-order valence-corrected chi connectivity index (χ2v) is 10.7. The lowest BCUT2D eigenvalue weighted by Gasteiger charge is -2.15. The number of H-pyrrole nitrogens is 1. The van der Waals surface area contributed by atoms with E-state index in [1.165, 1.54) is 13.2 Å². The summed E-state index contributed by atoms with van der Waals surface area (Å²) in [6, 6.07) is 2.57. The highest BCUT2D eigenvalue weighted by atomic mass is 28.3. The van der Waals surface area contributed by atoms with Crippen molar-refractivity contribution >= 4 is 14.0 Å². The smallest absolute Gasteiger partial charge is 0.356 e. The van der Waals surface area contributed by atoms with Crippen LogP contribution in [-0.4, -0.2) is 44.8 Å². The minimum Gasteiger partial charge on any atom is -0.464 e. The van der Waals surface area contributed by atoms with Crippen LogP contribution in [0.2, 0.25) is 25.7 Å². The van der Waals surface area contributed by atoms with Crippen molar-refractivity contribution in [1.29, 1.82) is 0 Å². The Morgan fingerprint density at radius 2 is 2.17 bits per heavy atom. The third kappa shape index (κ3) is 5.33. The fourth-order valence-electron chi connectivity index (χ4n) is 1.13. The summed E-state index contributed by atoms with van der Waals surface area (Å²) < 4.78 is 15.1. The number of esters is 1. The lowest BCUT2D eigenvalue weighted by Crippen LogP contribution is -2.22. The molecule has 0 fully saturated rings. The van der Waals surface area contributed by atoms with Crippen molar-refractivity contribution < 1.29 is 19.0 Å². The third-order valence-corrected chi connectivity index (χ3v) is 3.95. The number of carbonyl (C=O) groups excluding carboxylic acids is 1. The molecule has 0 atom stereocenters. The summed E-state index contributed by atoms with van der Waals surface area (Å²) in [5, 5.41) is 6.34.